The van der Waals surface area contributed by atoms with Gasteiger partial charge in [0.15, 0.2) is 0 Å². The summed E-state index contributed by atoms with van der Waals surface area (Å²) < 4.78 is 5.12. The van der Waals surface area contributed by atoms with E-state index in [9.17, 15) is 14.4 Å². The van der Waals surface area contributed by atoms with Crippen molar-refractivity contribution in [1.82, 2.24) is 4.90 Å². The Labute approximate surface area is 180 Å². The van der Waals surface area contributed by atoms with Crippen LogP contribution in [0.2, 0.25) is 5.02 Å². The minimum absolute atomic E-state index is 0.0335. The van der Waals surface area contributed by atoms with E-state index in [0.717, 1.165) is 23.2 Å². The Morgan fingerprint density at radius 1 is 1.20 bits per heavy atom. The summed E-state index contributed by atoms with van der Waals surface area (Å²) in [5.41, 5.74) is 3.09. The summed E-state index contributed by atoms with van der Waals surface area (Å²) in [6.45, 7) is 2.67. The second-order valence-electron chi connectivity index (χ2n) is 7.08. The molecule has 8 heteroatoms. The number of hydrogen-bond donors (Lipinski definition) is 1. The van der Waals surface area contributed by atoms with Gasteiger partial charge >= 0.3 is 11.8 Å². The summed E-state index contributed by atoms with van der Waals surface area (Å²) in [5, 5.41) is 3.07. The second-order valence-corrected chi connectivity index (χ2v) is 7.48. The van der Waals surface area contributed by atoms with Crippen LogP contribution >= 0.6 is 11.6 Å². The van der Waals surface area contributed by atoms with Gasteiger partial charge in [-0.25, -0.2) is 0 Å². The smallest absolute Gasteiger partial charge is 0.313 e. The molecule has 0 saturated heterocycles. The van der Waals surface area contributed by atoms with Gasteiger partial charge in [0.25, 0.3) is 0 Å². The first kappa shape index (κ1) is 21.6. The van der Waals surface area contributed by atoms with E-state index in [1.54, 1.807) is 42.3 Å². The maximum Gasteiger partial charge on any atom is 0.313 e. The fraction of sp³-hybridized carbons (Fsp3) is 0.318. The molecule has 0 radical (unpaired) electrons. The largest absolute Gasteiger partial charge is 0.495 e. The molecule has 1 heterocycles. The second kappa shape index (κ2) is 9.17. The van der Waals surface area contributed by atoms with Gasteiger partial charge in [0, 0.05) is 37.9 Å². The van der Waals surface area contributed by atoms with E-state index in [-0.39, 0.29) is 12.5 Å². The van der Waals surface area contributed by atoms with E-state index in [2.05, 4.69) is 5.32 Å². The molecular formula is C22H24ClN3O4. The third kappa shape index (κ3) is 4.57. The Hall–Kier alpha value is -3.06. The number of ether oxygens (including phenoxy) is 1. The molecule has 2 aromatic carbocycles. The van der Waals surface area contributed by atoms with Crippen molar-refractivity contribution in [3.05, 3.63) is 52.5 Å². The fourth-order valence-corrected chi connectivity index (χ4v) is 3.70. The highest BCUT2D eigenvalue weighted by atomic mass is 35.5. The maximum absolute atomic E-state index is 12.5. The van der Waals surface area contributed by atoms with Crippen molar-refractivity contribution < 1.29 is 19.1 Å². The topological polar surface area (TPSA) is 79.0 Å². The van der Waals surface area contributed by atoms with Gasteiger partial charge < -0.3 is 19.9 Å². The van der Waals surface area contributed by atoms with Gasteiger partial charge in [-0.1, -0.05) is 30.7 Å². The average Bonchev–Trinajstić information content (AvgIpc) is 3.16. The first-order valence-electron chi connectivity index (χ1n) is 9.66. The lowest BCUT2D eigenvalue weighted by atomic mass is 10.1. The zero-order valence-corrected chi connectivity index (χ0v) is 18.0. The van der Waals surface area contributed by atoms with Gasteiger partial charge in [-0.3, -0.25) is 14.4 Å². The standard InChI is InChI=1S/C22H24ClN3O4/c1-4-20(27)26-10-9-15-6-7-16(12-18(15)26)24-21(28)22(29)25(2)13-14-5-8-19(30-3)17(23)11-14/h5-8,11-12H,4,9-10,13H2,1-3H3,(H,24,28). The zero-order chi connectivity index (χ0) is 21.8. The van der Waals surface area contributed by atoms with E-state index in [1.165, 1.54) is 12.0 Å². The average molecular weight is 430 g/mol. The molecule has 7 nitrogen and oxygen atoms in total. The normalized spacial score (nSPS) is 12.3. The van der Waals surface area contributed by atoms with Crippen LogP contribution in [0.4, 0.5) is 11.4 Å². The van der Waals surface area contributed by atoms with E-state index < -0.39 is 11.8 Å². The first-order valence-corrected chi connectivity index (χ1v) is 10.0. The number of rotatable bonds is 5. The summed E-state index contributed by atoms with van der Waals surface area (Å²) in [5.74, 6) is -0.849. The third-order valence-electron chi connectivity index (χ3n) is 5.02. The number of likely N-dealkylation sites (N-methyl/N-ethyl adjacent to an activating group) is 1. The number of benzene rings is 2. The number of carbonyl (C=O) groups excluding carboxylic acids is 3. The predicted octanol–water partition coefficient (Wildman–Crippen LogP) is 3.24. The molecule has 2 aromatic rings. The van der Waals surface area contributed by atoms with Crippen LogP contribution in [0.5, 0.6) is 5.75 Å². The first-order chi connectivity index (χ1) is 14.3. The van der Waals surface area contributed by atoms with Gasteiger partial charge in [0.05, 0.1) is 12.1 Å². The lowest BCUT2D eigenvalue weighted by molar-refractivity contribution is -0.142. The Morgan fingerprint density at radius 2 is 1.97 bits per heavy atom. The van der Waals surface area contributed by atoms with Gasteiger partial charge in [-0.15, -0.1) is 0 Å². The number of carbonyl (C=O) groups is 3. The Bertz CT molecular complexity index is 992. The lowest BCUT2D eigenvalue weighted by Gasteiger charge is -2.19. The molecule has 1 aliphatic heterocycles. The molecule has 158 valence electrons. The quantitative estimate of drug-likeness (QED) is 0.740. The minimum Gasteiger partial charge on any atom is -0.495 e. The van der Waals surface area contributed by atoms with Crippen molar-refractivity contribution in [2.24, 2.45) is 0 Å². The number of anilines is 2. The van der Waals surface area contributed by atoms with Crippen LogP contribution in [-0.2, 0) is 27.3 Å². The van der Waals surface area contributed by atoms with Crippen LogP contribution in [0, 0.1) is 0 Å². The molecule has 0 spiro atoms. The van der Waals surface area contributed by atoms with Crippen molar-refractivity contribution in [2.75, 3.05) is 30.9 Å². The summed E-state index contributed by atoms with van der Waals surface area (Å²) in [4.78, 5) is 40.1. The van der Waals surface area contributed by atoms with Gasteiger partial charge in [-0.05, 0) is 41.8 Å². The Kier molecular flexibility index (Phi) is 6.62. The Morgan fingerprint density at radius 3 is 2.63 bits per heavy atom. The third-order valence-corrected chi connectivity index (χ3v) is 5.31. The molecule has 3 amide bonds. The van der Waals surface area contributed by atoms with Gasteiger partial charge in [0.2, 0.25) is 5.91 Å². The molecule has 1 N–H and O–H groups in total. The van der Waals surface area contributed by atoms with Crippen LogP contribution < -0.4 is 15.0 Å². The van der Waals surface area contributed by atoms with Crippen molar-refractivity contribution in [3.8, 4) is 5.75 Å². The monoisotopic (exact) mass is 429 g/mol. The van der Waals surface area contributed by atoms with Crippen molar-refractivity contribution >= 4 is 40.7 Å². The predicted molar refractivity (Wildman–Crippen MR) is 116 cm³/mol. The molecule has 0 unspecified atom stereocenters. The van der Waals surface area contributed by atoms with E-state index in [1.807, 2.05) is 13.0 Å². The van der Waals surface area contributed by atoms with E-state index in [0.29, 0.717) is 29.4 Å². The number of halogens is 1. The summed E-state index contributed by atoms with van der Waals surface area (Å²) >= 11 is 6.12. The molecule has 30 heavy (non-hydrogen) atoms. The number of amides is 3. The highest BCUT2D eigenvalue weighted by molar-refractivity contribution is 6.39. The van der Waals surface area contributed by atoms with Crippen LogP contribution in [0.25, 0.3) is 0 Å². The summed E-state index contributed by atoms with van der Waals surface area (Å²) in [6.07, 6.45) is 1.19. The molecule has 0 saturated carbocycles. The van der Waals surface area contributed by atoms with Crippen molar-refractivity contribution in [1.29, 1.82) is 0 Å². The number of nitrogens with zero attached hydrogens (tertiary/aromatic N) is 2. The lowest BCUT2D eigenvalue weighted by Crippen LogP contribution is -2.36. The summed E-state index contributed by atoms with van der Waals surface area (Å²) in [6, 6.07) is 10.6. The van der Waals surface area contributed by atoms with Crippen molar-refractivity contribution in [2.45, 2.75) is 26.3 Å². The number of methoxy groups -OCH3 is 1. The molecule has 0 aromatic heterocycles. The van der Waals surface area contributed by atoms with E-state index >= 15 is 0 Å². The Balaban J connectivity index is 1.66. The number of nitrogens with one attached hydrogen (secondary N) is 1. The fourth-order valence-electron chi connectivity index (χ4n) is 3.42. The van der Waals surface area contributed by atoms with Crippen LogP contribution in [0.1, 0.15) is 24.5 Å². The van der Waals surface area contributed by atoms with Crippen LogP contribution in [0.3, 0.4) is 0 Å². The SMILES string of the molecule is CCC(=O)N1CCc2ccc(NC(=O)C(=O)N(C)Cc3ccc(OC)c(Cl)c3)cc21. The van der Waals surface area contributed by atoms with Crippen LogP contribution in [0.15, 0.2) is 36.4 Å². The van der Waals surface area contributed by atoms with E-state index in [4.69, 9.17) is 16.3 Å². The summed E-state index contributed by atoms with van der Waals surface area (Å²) in [7, 11) is 3.07. The molecule has 0 aliphatic carbocycles. The molecule has 0 fully saturated rings. The van der Waals surface area contributed by atoms with Gasteiger partial charge in [0.1, 0.15) is 5.75 Å². The minimum atomic E-state index is -0.747. The van der Waals surface area contributed by atoms with Crippen LogP contribution in [-0.4, -0.2) is 43.3 Å². The molecule has 0 atom stereocenters. The molecule has 1 aliphatic rings. The number of fused-ring (bicyclic) bond motifs is 1. The number of hydrogen-bond acceptors (Lipinski definition) is 4. The van der Waals surface area contributed by atoms with Crippen molar-refractivity contribution in [3.63, 3.8) is 0 Å². The molecule has 3 rings (SSSR count). The molecular weight excluding hydrogens is 406 g/mol. The maximum atomic E-state index is 12.5. The zero-order valence-electron chi connectivity index (χ0n) is 17.2. The molecule has 0 bridgehead atoms. The highest BCUT2D eigenvalue weighted by Gasteiger charge is 2.25. The highest BCUT2D eigenvalue weighted by Crippen LogP contribution is 2.31. The van der Waals surface area contributed by atoms with Gasteiger partial charge in [-0.2, -0.15) is 0 Å².